The Bertz CT molecular complexity index is 911. The average Bonchev–Trinajstić information content (AvgIpc) is 2.67. The Balaban J connectivity index is 1.80. The van der Waals surface area contributed by atoms with Crippen LogP contribution in [0.2, 0.25) is 0 Å². The summed E-state index contributed by atoms with van der Waals surface area (Å²) in [6, 6.07) is 14.5. The van der Waals surface area contributed by atoms with Crippen molar-refractivity contribution in [3.8, 4) is 0 Å². The van der Waals surface area contributed by atoms with E-state index < -0.39 is 0 Å². The summed E-state index contributed by atoms with van der Waals surface area (Å²) in [4.78, 5) is 22.7. The third kappa shape index (κ3) is 5.11. The lowest BCUT2D eigenvalue weighted by Crippen LogP contribution is -2.32. The van der Waals surface area contributed by atoms with E-state index in [1.807, 2.05) is 30.5 Å². The van der Waals surface area contributed by atoms with E-state index in [0.717, 1.165) is 41.8 Å². The molecular formula is C22H26N4O. The van der Waals surface area contributed by atoms with Crippen molar-refractivity contribution in [3.63, 3.8) is 0 Å². The van der Waals surface area contributed by atoms with E-state index in [4.69, 9.17) is 4.98 Å². The Kier molecular flexibility index (Phi) is 6.14. The number of nitrogens with one attached hydrogen (secondary N) is 1. The summed E-state index contributed by atoms with van der Waals surface area (Å²) in [5.74, 6) is -0.0708. The third-order valence-electron chi connectivity index (χ3n) is 4.75. The second-order valence-corrected chi connectivity index (χ2v) is 6.91. The van der Waals surface area contributed by atoms with Gasteiger partial charge in [-0.1, -0.05) is 19.1 Å². The van der Waals surface area contributed by atoms with E-state index in [1.165, 1.54) is 12.5 Å². The van der Waals surface area contributed by atoms with Crippen LogP contribution in [-0.2, 0) is 17.9 Å². The molecule has 0 radical (unpaired) electrons. The smallest absolute Gasteiger partial charge is 0.221 e. The van der Waals surface area contributed by atoms with Gasteiger partial charge >= 0.3 is 0 Å². The Labute approximate surface area is 160 Å². The molecule has 2 heterocycles. The molecule has 1 amide bonds. The van der Waals surface area contributed by atoms with Crippen LogP contribution in [0.4, 0.5) is 5.69 Å². The molecule has 0 aliphatic heterocycles. The van der Waals surface area contributed by atoms with Crippen molar-refractivity contribution in [2.75, 3.05) is 5.32 Å². The molecule has 0 spiro atoms. The zero-order valence-electron chi connectivity index (χ0n) is 16.1. The molecule has 0 aliphatic carbocycles. The average molecular weight is 362 g/mol. The first-order chi connectivity index (χ1) is 13.0. The largest absolute Gasteiger partial charge is 0.326 e. The second-order valence-electron chi connectivity index (χ2n) is 6.91. The Hall–Kier alpha value is -2.79. The standard InChI is InChI=1S/C22H26N4O/c1-4-16(2)26(14-18-6-5-11-23-13-18)15-21-8-7-19-12-20(24-17(3)27)9-10-22(19)25-21/h5-13,16H,4,14-15H2,1-3H3,(H,24,27)/t16-/m1/s1. The predicted octanol–water partition coefficient (Wildman–Crippen LogP) is 4.39. The van der Waals surface area contributed by atoms with Crippen LogP contribution < -0.4 is 5.32 Å². The summed E-state index contributed by atoms with van der Waals surface area (Å²) in [6.45, 7) is 7.60. The number of carbonyl (C=O) groups is 1. The molecule has 0 unspecified atom stereocenters. The van der Waals surface area contributed by atoms with E-state index in [9.17, 15) is 4.79 Å². The molecule has 3 aromatic rings. The lowest BCUT2D eigenvalue weighted by Gasteiger charge is -2.28. The van der Waals surface area contributed by atoms with E-state index >= 15 is 0 Å². The van der Waals surface area contributed by atoms with Crippen molar-refractivity contribution in [1.29, 1.82) is 0 Å². The van der Waals surface area contributed by atoms with Crippen LogP contribution in [0.5, 0.6) is 0 Å². The van der Waals surface area contributed by atoms with Gasteiger partial charge in [0.2, 0.25) is 5.91 Å². The molecule has 5 nitrogen and oxygen atoms in total. The number of fused-ring (bicyclic) bond motifs is 1. The van der Waals surface area contributed by atoms with Crippen LogP contribution in [-0.4, -0.2) is 26.8 Å². The normalized spacial score (nSPS) is 12.3. The quantitative estimate of drug-likeness (QED) is 0.677. The predicted molar refractivity (Wildman–Crippen MR) is 109 cm³/mol. The van der Waals surface area contributed by atoms with Gasteiger partial charge in [0.25, 0.3) is 0 Å². The first kappa shape index (κ1) is 19.0. The fourth-order valence-electron chi connectivity index (χ4n) is 3.10. The van der Waals surface area contributed by atoms with Crippen molar-refractivity contribution in [2.24, 2.45) is 0 Å². The van der Waals surface area contributed by atoms with Crippen LogP contribution in [0.25, 0.3) is 10.9 Å². The van der Waals surface area contributed by atoms with Crippen LogP contribution in [0.3, 0.4) is 0 Å². The highest BCUT2D eigenvalue weighted by Crippen LogP contribution is 2.20. The summed E-state index contributed by atoms with van der Waals surface area (Å²) in [6.07, 6.45) is 4.80. The topological polar surface area (TPSA) is 58.1 Å². The van der Waals surface area contributed by atoms with E-state index in [0.29, 0.717) is 6.04 Å². The molecule has 140 valence electrons. The third-order valence-corrected chi connectivity index (χ3v) is 4.75. The summed E-state index contributed by atoms with van der Waals surface area (Å²) in [5, 5.41) is 3.83. The van der Waals surface area contributed by atoms with Gasteiger partial charge in [-0.05, 0) is 49.2 Å². The number of hydrogen-bond donors (Lipinski definition) is 1. The maximum atomic E-state index is 11.2. The van der Waals surface area contributed by atoms with Crippen LogP contribution in [0.1, 0.15) is 38.4 Å². The van der Waals surface area contributed by atoms with E-state index in [1.54, 1.807) is 6.20 Å². The SMILES string of the molecule is CC[C@@H](C)N(Cc1cccnc1)Cc1ccc2cc(NC(C)=O)ccc2n1. The number of amides is 1. The van der Waals surface area contributed by atoms with Gasteiger partial charge in [0.05, 0.1) is 11.2 Å². The van der Waals surface area contributed by atoms with Gasteiger partial charge in [0, 0.05) is 49.5 Å². The molecule has 3 rings (SSSR count). The first-order valence-corrected chi connectivity index (χ1v) is 9.35. The van der Waals surface area contributed by atoms with Gasteiger partial charge in [0.1, 0.15) is 0 Å². The van der Waals surface area contributed by atoms with Gasteiger partial charge in [-0.3, -0.25) is 19.7 Å². The lowest BCUT2D eigenvalue weighted by atomic mass is 10.1. The molecule has 1 N–H and O–H groups in total. The minimum atomic E-state index is -0.0708. The zero-order valence-corrected chi connectivity index (χ0v) is 16.1. The van der Waals surface area contributed by atoms with Gasteiger partial charge < -0.3 is 5.32 Å². The minimum absolute atomic E-state index is 0.0708. The molecule has 0 saturated heterocycles. The Morgan fingerprint density at radius 2 is 2.04 bits per heavy atom. The number of hydrogen-bond acceptors (Lipinski definition) is 4. The molecule has 0 saturated carbocycles. The number of anilines is 1. The van der Waals surface area contributed by atoms with Crippen molar-refractivity contribution in [1.82, 2.24) is 14.9 Å². The fourth-order valence-corrected chi connectivity index (χ4v) is 3.10. The molecule has 27 heavy (non-hydrogen) atoms. The number of benzene rings is 1. The summed E-state index contributed by atoms with van der Waals surface area (Å²) in [5.41, 5.74) is 3.98. The first-order valence-electron chi connectivity index (χ1n) is 9.35. The van der Waals surface area contributed by atoms with Crippen LogP contribution in [0.15, 0.2) is 54.9 Å². The lowest BCUT2D eigenvalue weighted by molar-refractivity contribution is -0.114. The monoisotopic (exact) mass is 362 g/mol. The van der Waals surface area contributed by atoms with Crippen molar-refractivity contribution in [3.05, 3.63) is 66.1 Å². The maximum Gasteiger partial charge on any atom is 0.221 e. The molecule has 0 bridgehead atoms. The molecule has 2 aromatic heterocycles. The number of pyridine rings is 2. The molecule has 1 atom stereocenters. The highest BCUT2D eigenvalue weighted by Gasteiger charge is 2.14. The Morgan fingerprint density at radius 1 is 1.19 bits per heavy atom. The fraction of sp³-hybridized carbons (Fsp3) is 0.318. The highest BCUT2D eigenvalue weighted by atomic mass is 16.1. The summed E-state index contributed by atoms with van der Waals surface area (Å²) in [7, 11) is 0. The van der Waals surface area contributed by atoms with Crippen LogP contribution >= 0.6 is 0 Å². The Morgan fingerprint density at radius 3 is 2.74 bits per heavy atom. The molecular weight excluding hydrogens is 336 g/mol. The molecule has 0 aliphatic rings. The van der Waals surface area contributed by atoms with Gasteiger partial charge in [0.15, 0.2) is 0 Å². The number of rotatable bonds is 7. The number of carbonyl (C=O) groups excluding carboxylic acids is 1. The van der Waals surface area contributed by atoms with Crippen molar-refractivity contribution < 1.29 is 4.79 Å². The molecule has 1 aromatic carbocycles. The zero-order chi connectivity index (χ0) is 19.2. The number of nitrogens with zero attached hydrogens (tertiary/aromatic N) is 3. The van der Waals surface area contributed by atoms with Crippen LogP contribution in [0, 0.1) is 0 Å². The van der Waals surface area contributed by atoms with Crippen molar-refractivity contribution >= 4 is 22.5 Å². The molecule has 5 heteroatoms. The summed E-state index contributed by atoms with van der Waals surface area (Å²) >= 11 is 0. The van der Waals surface area contributed by atoms with Crippen molar-refractivity contribution in [2.45, 2.75) is 46.3 Å². The van der Waals surface area contributed by atoms with E-state index in [2.05, 4.69) is 47.2 Å². The highest BCUT2D eigenvalue weighted by molar-refractivity contribution is 5.92. The minimum Gasteiger partial charge on any atom is -0.326 e. The summed E-state index contributed by atoms with van der Waals surface area (Å²) < 4.78 is 0. The van der Waals surface area contributed by atoms with Gasteiger partial charge in [-0.25, -0.2) is 0 Å². The van der Waals surface area contributed by atoms with Gasteiger partial charge in [-0.2, -0.15) is 0 Å². The maximum absolute atomic E-state index is 11.2. The molecule has 0 fully saturated rings. The van der Waals surface area contributed by atoms with E-state index in [-0.39, 0.29) is 5.91 Å². The van der Waals surface area contributed by atoms with Gasteiger partial charge in [-0.15, -0.1) is 0 Å². The second kappa shape index (κ2) is 8.73. The number of aromatic nitrogens is 2.